The van der Waals surface area contributed by atoms with Crippen LogP contribution in [0.3, 0.4) is 0 Å². The number of amidine groups is 1. The molecule has 0 radical (unpaired) electrons. The number of halogens is 2. The second kappa shape index (κ2) is 4.53. The van der Waals surface area contributed by atoms with E-state index in [9.17, 15) is 0 Å². The molecule has 1 aliphatic carbocycles. The quantitative estimate of drug-likeness (QED) is 0.325. The summed E-state index contributed by atoms with van der Waals surface area (Å²) in [7, 11) is 0. The normalized spacial score (nSPS) is 23.8. The van der Waals surface area contributed by atoms with Gasteiger partial charge in [0.2, 0.25) is 0 Å². The number of rotatable bonds is 2. The summed E-state index contributed by atoms with van der Waals surface area (Å²) >= 11 is 11.6. The Morgan fingerprint density at radius 1 is 1.69 bits per heavy atom. The molecule has 0 aromatic heterocycles. The average molecular weight is 221 g/mol. The van der Waals surface area contributed by atoms with Crippen molar-refractivity contribution < 1.29 is 5.21 Å². The topological polar surface area (TPSA) is 58.6 Å². The summed E-state index contributed by atoms with van der Waals surface area (Å²) in [5.74, 6) is 0.378. The van der Waals surface area contributed by atoms with Gasteiger partial charge in [0.1, 0.15) is 5.84 Å². The smallest absolute Gasteiger partial charge is 0.139 e. The lowest BCUT2D eigenvalue weighted by molar-refractivity contribution is 0.316. The zero-order chi connectivity index (χ0) is 9.84. The van der Waals surface area contributed by atoms with Gasteiger partial charge in [-0.25, -0.2) is 0 Å². The maximum Gasteiger partial charge on any atom is 0.139 e. The van der Waals surface area contributed by atoms with Crippen LogP contribution in [0.4, 0.5) is 0 Å². The monoisotopic (exact) mass is 220 g/mol. The highest BCUT2D eigenvalue weighted by Gasteiger charge is 2.15. The summed E-state index contributed by atoms with van der Waals surface area (Å²) in [6.45, 7) is 0. The average Bonchev–Trinajstić information content (AvgIpc) is 2.11. The minimum Gasteiger partial charge on any atom is -0.409 e. The largest absolute Gasteiger partial charge is 0.409 e. The van der Waals surface area contributed by atoms with Crippen molar-refractivity contribution in [3.8, 4) is 0 Å². The van der Waals surface area contributed by atoms with Crippen LogP contribution in [-0.4, -0.2) is 11.0 Å². The second-order valence-corrected chi connectivity index (χ2v) is 3.74. The van der Waals surface area contributed by atoms with Gasteiger partial charge in [-0.3, -0.25) is 0 Å². The van der Waals surface area contributed by atoms with Crippen LogP contribution in [-0.2, 0) is 0 Å². The molecule has 72 valence electrons. The highest BCUT2D eigenvalue weighted by Crippen LogP contribution is 2.30. The molecule has 0 bridgehead atoms. The summed E-state index contributed by atoms with van der Waals surface area (Å²) in [5.41, 5.74) is 5.36. The first-order chi connectivity index (χ1) is 6.13. The molecular weight excluding hydrogens is 211 g/mol. The molecule has 0 heterocycles. The van der Waals surface area contributed by atoms with E-state index >= 15 is 0 Å². The molecule has 0 spiro atoms. The Morgan fingerprint density at radius 3 is 2.92 bits per heavy atom. The lowest BCUT2D eigenvalue weighted by Gasteiger charge is -2.15. The molecule has 3 N–H and O–H groups in total. The van der Waals surface area contributed by atoms with Gasteiger partial charge in [0.15, 0.2) is 0 Å². The third-order valence-electron chi connectivity index (χ3n) is 1.82. The van der Waals surface area contributed by atoms with Crippen molar-refractivity contribution in [3.05, 3.63) is 22.2 Å². The number of allylic oxidation sites excluding steroid dienone is 4. The van der Waals surface area contributed by atoms with Crippen molar-refractivity contribution in [1.29, 1.82) is 0 Å². The number of hydrogen-bond acceptors (Lipinski definition) is 2. The van der Waals surface area contributed by atoms with Crippen molar-refractivity contribution in [2.75, 3.05) is 0 Å². The van der Waals surface area contributed by atoms with Gasteiger partial charge < -0.3 is 10.9 Å². The van der Waals surface area contributed by atoms with E-state index in [1.165, 1.54) is 0 Å². The number of hydrogen-bond donors (Lipinski definition) is 2. The molecular formula is C8H10Cl2N2O. The molecule has 0 aromatic carbocycles. The standard InChI is InChI=1S/C8H10Cl2N2O/c9-6-2-1-5(3-7(6)10)4-8(11)12-13/h1-2,5,13H,3-4H2,(H2,11,12). The van der Waals surface area contributed by atoms with Crippen LogP contribution < -0.4 is 5.73 Å². The third-order valence-corrected chi connectivity index (χ3v) is 2.62. The molecule has 1 rings (SSSR count). The van der Waals surface area contributed by atoms with Gasteiger partial charge in [0.05, 0.1) is 5.03 Å². The molecule has 0 aromatic rings. The molecule has 5 heteroatoms. The highest BCUT2D eigenvalue weighted by atomic mass is 35.5. The van der Waals surface area contributed by atoms with Crippen LogP contribution in [0.5, 0.6) is 0 Å². The van der Waals surface area contributed by atoms with Crippen LogP contribution in [0.2, 0.25) is 0 Å². The van der Waals surface area contributed by atoms with Gasteiger partial charge in [-0.1, -0.05) is 34.4 Å². The van der Waals surface area contributed by atoms with Gasteiger partial charge in [0, 0.05) is 11.5 Å². The minimum atomic E-state index is 0.172. The van der Waals surface area contributed by atoms with E-state index in [0.29, 0.717) is 22.9 Å². The fourth-order valence-electron chi connectivity index (χ4n) is 1.16. The van der Waals surface area contributed by atoms with Gasteiger partial charge in [-0.2, -0.15) is 0 Å². The van der Waals surface area contributed by atoms with Crippen LogP contribution in [0.25, 0.3) is 0 Å². The van der Waals surface area contributed by atoms with Crippen LogP contribution in [0.1, 0.15) is 12.8 Å². The van der Waals surface area contributed by atoms with Gasteiger partial charge in [-0.05, 0) is 18.4 Å². The predicted molar refractivity (Wildman–Crippen MR) is 54.0 cm³/mol. The molecule has 13 heavy (non-hydrogen) atoms. The maximum atomic E-state index is 8.35. The Kier molecular flexibility index (Phi) is 3.63. The molecule has 0 saturated carbocycles. The van der Waals surface area contributed by atoms with Gasteiger partial charge >= 0.3 is 0 Å². The van der Waals surface area contributed by atoms with E-state index in [4.69, 9.17) is 34.1 Å². The van der Waals surface area contributed by atoms with Crippen LogP contribution in [0, 0.1) is 5.92 Å². The fraction of sp³-hybridized carbons (Fsp3) is 0.375. The van der Waals surface area contributed by atoms with Crippen molar-refractivity contribution in [3.63, 3.8) is 0 Å². The fourth-order valence-corrected chi connectivity index (χ4v) is 1.57. The first kappa shape index (κ1) is 10.4. The highest BCUT2D eigenvalue weighted by molar-refractivity contribution is 6.40. The second-order valence-electron chi connectivity index (χ2n) is 2.87. The van der Waals surface area contributed by atoms with Crippen LogP contribution in [0.15, 0.2) is 27.4 Å². The van der Waals surface area contributed by atoms with E-state index < -0.39 is 0 Å². The molecule has 1 atom stereocenters. The van der Waals surface area contributed by atoms with E-state index in [1.54, 1.807) is 6.08 Å². The van der Waals surface area contributed by atoms with Gasteiger partial charge in [-0.15, -0.1) is 0 Å². The van der Waals surface area contributed by atoms with E-state index in [1.807, 2.05) is 6.08 Å². The summed E-state index contributed by atoms with van der Waals surface area (Å²) in [6.07, 6.45) is 4.79. The van der Waals surface area contributed by atoms with E-state index in [2.05, 4.69) is 5.16 Å². The molecule has 1 aliphatic rings. The Bertz CT molecular complexity index is 282. The Balaban J connectivity index is 2.56. The summed E-state index contributed by atoms with van der Waals surface area (Å²) in [6, 6.07) is 0. The lowest BCUT2D eigenvalue weighted by Crippen LogP contribution is -2.17. The number of nitrogens with two attached hydrogens (primary N) is 1. The maximum absolute atomic E-state index is 8.35. The van der Waals surface area contributed by atoms with E-state index in [-0.39, 0.29) is 11.8 Å². The minimum absolute atomic E-state index is 0.172. The zero-order valence-electron chi connectivity index (χ0n) is 6.87. The zero-order valence-corrected chi connectivity index (χ0v) is 8.39. The number of nitrogens with zero attached hydrogens (tertiary/aromatic N) is 1. The Labute approximate surface area is 86.5 Å². The predicted octanol–water partition coefficient (Wildman–Crippen LogP) is 2.39. The molecule has 3 nitrogen and oxygen atoms in total. The first-order valence-corrected chi connectivity index (χ1v) is 4.58. The summed E-state index contributed by atoms with van der Waals surface area (Å²) < 4.78 is 0. The molecule has 0 amide bonds. The summed E-state index contributed by atoms with van der Waals surface area (Å²) in [4.78, 5) is 0. The van der Waals surface area contributed by atoms with Crippen molar-refractivity contribution >= 4 is 29.0 Å². The molecule has 1 unspecified atom stereocenters. The number of oxime groups is 1. The van der Waals surface area contributed by atoms with E-state index in [0.717, 1.165) is 0 Å². The molecule has 0 saturated heterocycles. The first-order valence-electron chi connectivity index (χ1n) is 3.82. The SMILES string of the molecule is NC(CC1C=CC(Cl)=C(Cl)C1)=NO. The van der Waals surface area contributed by atoms with Crippen molar-refractivity contribution in [1.82, 2.24) is 0 Å². The Hall–Kier alpha value is -0.670. The summed E-state index contributed by atoms with van der Waals surface area (Å²) in [5, 5.41) is 12.4. The van der Waals surface area contributed by atoms with Crippen molar-refractivity contribution in [2.45, 2.75) is 12.8 Å². The van der Waals surface area contributed by atoms with Gasteiger partial charge in [0.25, 0.3) is 0 Å². The molecule has 0 aliphatic heterocycles. The third kappa shape index (κ3) is 2.94. The Morgan fingerprint density at radius 2 is 2.38 bits per heavy atom. The van der Waals surface area contributed by atoms with Crippen molar-refractivity contribution in [2.24, 2.45) is 16.8 Å². The van der Waals surface area contributed by atoms with Crippen LogP contribution >= 0.6 is 23.2 Å². The molecule has 0 fully saturated rings. The lowest BCUT2D eigenvalue weighted by atomic mass is 9.97.